The molecule has 3 rings (SSSR count). The molecule has 1 aromatic heterocycles. The minimum Gasteiger partial charge on any atom is -0.399 e. The van der Waals surface area contributed by atoms with E-state index in [1.165, 1.54) is 0 Å². The van der Waals surface area contributed by atoms with E-state index in [2.05, 4.69) is 4.98 Å². The molecule has 1 unspecified atom stereocenters. The number of carbonyl (C=O) groups excluding carboxylic acids is 1. The van der Waals surface area contributed by atoms with Crippen LogP contribution in [0.15, 0.2) is 54.6 Å². The van der Waals surface area contributed by atoms with Crippen molar-refractivity contribution in [2.24, 2.45) is 0 Å². The summed E-state index contributed by atoms with van der Waals surface area (Å²) >= 11 is 6.29. The molecule has 0 aliphatic rings. The number of nitrogens with one attached hydrogen (secondary N) is 1. The normalized spacial score (nSPS) is 12.1. The van der Waals surface area contributed by atoms with Crippen LogP contribution in [0, 0.1) is 6.92 Å². The van der Waals surface area contributed by atoms with Gasteiger partial charge in [-0.05, 0) is 36.8 Å². The van der Waals surface area contributed by atoms with Crippen molar-refractivity contribution in [2.75, 3.05) is 5.73 Å². The largest absolute Gasteiger partial charge is 0.399 e. The molecule has 0 radical (unpaired) electrons. The van der Waals surface area contributed by atoms with E-state index < -0.39 is 0 Å². The van der Waals surface area contributed by atoms with E-state index in [0.717, 1.165) is 16.8 Å². The van der Waals surface area contributed by atoms with Gasteiger partial charge in [-0.2, -0.15) is 0 Å². The van der Waals surface area contributed by atoms with Crippen molar-refractivity contribution < 1.29 is 4.79 Å². The number of benzene rings is 2. The van der Waals surface area contributed by atoms with Gasteiger partial charge >= 0.3 is 0 Å². The second kappa shape index (κ2) is 6.54. The third-order valence-electron chi connectivity index (χ3n) is 4.22. The first kappa shape index (κ1) is 16.3. The van der Waals surface area contributed by atoms with Gasteiger partial charge in [0.25, 0.3) is 0 Å². The molecule has 1 heterocycles. The Morgan fingerprint density at radius 2 is 1.79 bits per heavy atom. The number of halogens is 1. The van der Waals surface area contributed by atoms with Gasteiger partial charge in [0.1, 0.15) is 0 Å². The van der Waals surface area contributed by atoms with E-state index in [9.17, 15) is 4.79 Å². The number of anilines is 1. The van der Waals surface area contributed by atoms with Gasteiger partial charge in [0.05, 0.1) is 5.69 Å². The van der Waals surface area contributed by atoms with E-state index >= 15 is 0 Å². The minimum atomic E-state index is -0.0168. The highest BCUT2D eigenvalue weighted by Gasteiger charge is 2.17. The third-order valence-corrected chi connectivity index (χ3v) is 4.55. The Balaban J connectivity index is 1.87. The van der Waals surface area contributed by atoms with Crippen molar-refractivity contribution in [1.29, 1.82) is 0 Å². The van der Waals surface area contributed by atoms with Crippen LogP contribution in [0.1, 0.15) is 45.7 Å². The van der Waals surface area contributed by atoms with E-state index in [0.29, 0.717) is 22.0 Å². The first-order valence-corrected chi connectivity index (χ1v) is 8.18. The summed E-state index contributed by atoms with van der Waals surface area (Å²) in [5.74, 6) is 0.0227. The van der Waals surface area contributed by atoms with Gasteiger partial charge in [0.15, 0.2) is 0 Å². The lowest BCUT2D eigenvalue weighted by atomic mass is 9.98. The highest BCUT2D eigenvalue weighted by molar-refractivity contribution is 6.31. The fourth-order valence-electron chi connectivity index (χ4n) is 2.72. The molecule has 2 aromatic carbocycles. The molecule has 0 saturated heterocycles. The summed E-state index contributed by atoms with van der Waals surface area (Å²) in [5.41, 5.74) is 10.7. The number of ketones is 1. The maximum Gasteiger partial charge on any atom is 0.209 e. The average Bonchev–Trinajstić information content (AvgIpc) is 3.04. The molecule has 0 aliphatic heterocycles. The number of nitrogen functional groups attached to an aromatic ring is 1. The summed E-state index contributed by atoms with van der Waals surface area (Å²) in [6.45, 7) is 4.04. The van der Waals surface area contributed by atoms with Crippen molar-refractivity contribution in [3.63, 3.8) is 0 Å². The van der Waals surface area contributed by atoms with Crippen LogP contribution in [0.5, 0.6) is 0 Å². The van der Waals surface area contributed by atoms with Gasteiger partial charge in [-0.1, -0.05) is 54.4 Å². The van der Waals surface area contributed by atoms with Crippen LogP contribution in [-0.2, 0) is 0 Å². The number of hydrogen-bond acceptors (Lipinski definition) is 2. The van der Waals surface area contributed by atoms with Gasteiger partial charge in [0.2, 0.25) is 5.78 Å². The topological polar surface area (TPSA) is 58.9 Å². The van der Waals surface area contributed by atoms with Crippen LogP contribution < -0.4 is 5.73 Å². The highest BCUT2D eigenvalue weighted by Crippen LogP contribution is 2.31. The third kappa shape index (κ3) is 3.22. The number of aryl methyl sites for hydroxylation is 1. The number of carbonyl (C=O) groups is 1. The molecule has 3 aromatic rings. The first-order valence-electron chi connectivity index (χ1n) is 7.81. The zero-order valence-corrected chi connectivity index (χ0v) is 14.4. The Kier molecular flexibility index (Phi) is 4.45. The Morgan fingerprint density at radius 3 is 2.46 bits per heavy atom. The zero-order valence-electron chi connectivity index (χ0n) is 13.6. The molecule has 0 saturated carbocycles. The Bertz CT molecular complexity index is 881. The molecule has 24 heavy (non-hydrogen) atoms. The molecular weight excluding hydrogens is 320 g/mol. The SMILES string of the molecule is Cc1ccc(C(=O)c2ccc(C(C)c3ccc(N)cc3Cl)[nH]2)cc1. The standard InChI is InChI=1S/C20H19ClN2O/c1-12-3-5-14(6-4-12)20(24)19-10-9-18(23-19)13(2)16-8-7-15(22)11-17(16)21/h3-11,13,23H,22H2,1-2H3. The summed E-state index contributed by atoms with van der Waals surface area (Å²) in [6.07, 6.45) is 0. The minimum absolute atomic E-state index is 0.0168. The zero-order chi connectivity index (χ0) is 17.3. The smallest absolute Gasteiger partial charge is 0.209 e. The maximum atomic E-state index is 12.6. The van der Waals surface area contributed by atoms with Crippen LogP contribution in [0.25, 0.3) is 0 Å². The second-order valence-electron chi connectivity index (χ2n) is 6.03. The van der Waals surface area contributed by atoms with E-state index in [-0.39, 0.29) is 11.7 Å². The summed E-state index contributed by atoms with van der Waals surface area (Å²) in [5, 5.41) is 0.628. The average molecular weight is 339 g/mol. The predicted octanol–water partition coefficient (Wildman–Crippen LogP) is 4.94. The maximum absolute atomic E-state index is 12.6. The van der Waals surface area contributed by atoms with Crippen LogP contribution in [-0.4, -0.2) is 10.8 Å². The van der Waals surface area contributed by atoms with Crippen molar-refractivity contribution in [3.05, 3.63) is 87.7 Å². The number of aromatic amines is 1. The van der Waals surface area contributed by atoms with E-state index in [4.69, 9.17) is 17.3 Å². The fraction of sp³-hybridized carbons (Fsp3) is 0.150. The molecule has 0 aliphatic carbocycles. The van der Waals surface area contributed by atoms with Crippen molar-refractivity contribution in [1.82, 2.24) is 4.98 Å². The second-order valence-corrected chi connectivity index (χ2v) is 6.43. The van der Waals surface area contributed by atoms with Crippen molar-refractivity contribution >= 4 is 23.1 Å². The van der Waals surface area contributed by atoms with Crippen LogP contribution in [0.4, 0.5) is 5.69 Å². The quantitative estimate of drug-likeness (QED) is 0.522. The van der Waals surface area contributed by atoms with Gasteiger partial charge < -0.3 is 10.7 Å². The van der Waals surface area contributed by atoms with Crippen molar-refractivity contribution in [3.8, 4) is 0 Å². The molecule has 0 spiro atoms. The lowest BCUT2D eigenvalue weighted by molar-refractivity contribution is 0.103. The summed E-state index contributed by atoms with van der Waals surface area (Å²) in [4.78, 5) is 15.8. The van der Waals surface area contributed by atoms with Gasteiger partial charge in [-0.15, -0.1) is 0 Å². The Hall–Kier alpha value is -2.52. The predicted molar refractivity (Wildman–Crippen MR) is 98.8 cm³/mol. The van der Waals surface area contributed by atoms with E-state index in [1.54, 1.807) is 6.07 Å². The number of hydrogen-bond donors (Lipinski definition) is 2. The summed E-state index contributed by atoms with van der Waals surface area (Å²) < 4.78 is 0. The number of nitrogens with two attached hydrogens (primary N) is 1. The molecule has 0 fully saturated rings. The molecule has 1 atom stereocenters. The molecule has 0 bridgehead atoms. The molecular formula is C20H19ClN2O. The summed E-state index contributed by atoms with van der Waals surface area (Å²) in [6, 6.07) is 16.8. The van der Waals surface area contributed by atoms with Gasteiger partial charge in [-0.25, -0.2) is 0 Å². The summed E-state index contributed by atoms with van der Waals surface area (Å²) in [7, 11) is 0. The highest BCUT2D eigenvalue weighted by atomic mass is 35.5. The fourth-order valence-corrected chi connectivity index (χ4v) is 3.07. The van der Waals surface area contributed by atoms with Gasteiger partial charge in [-0.3, -0.25) is 4.79 Å². The van der Waals surface area contributed by atoms with Crippen molar-refractivity contribution in [2.45, 2.75) is 19.8 Å². The van der Waals surface area contributed by atoms with Gasteiger partial charge in [0, 0.05) is 27.9 Å². The molecule has 0 amide bonds. The lowest BCUT2D eigenvalue weighted by Crippen LogP contribution is -2.03. The molecule has 122 valence electrons. The Morgan fingerprint density at radius 1 is 1.08 bits per heavy atom. The lowest BCUT2D eigenvalue weighted by Gasteiger charge is -2.13. The van der Waals surface area contributed by atoms with Crippen LogP contribution in [0.3, 0.4) is 0 Å². The monoisotopic (exact) mass is 338 g/mol. The molecule has 4 heteroatoms. The van der Waals surface area contributed by atoms with E-state index in [1.807, 2.05) is 62.4 Å². The Labute approximate surface area is 146 Å². The molecule has 3 nitrogen and oxygen atoms in total. The number of rotatable bonds is 4. The number of H-pyrrole nitrogens is 1. The van der Waals surface area contributed by atoms with Crippen LogP contribution >= 0.6 is 11.6 Å². The first-order chi connectivity index (χ1) is 11.5. The molecule has 3 N–H and O–H groups in total. The number of aromatic nitrogens is 1. The van der Waals surface area contributed by atoms with Crippen LogP contribution in [0.2, 0.25) is 5.02 Å².